The maximum atomic E-state index is 11.2. The SMILES string of the molecule is CCCCNC(=O)NCC(CO)(CO)CO. The molecule has 2 amide bonds. The van der Waals surface area contributed by atoms with Crippen molar-refractivity contribution in [1.29, 1.82) is 0 Å². The van der Waals surface area contributed by atoms with Crippen LogP contribution in [0, 0.1) is 5.41 Å². The van der Waals surface area contributed by atoms with E-state index in [9.17, 15) is 4.79 Å². The van der Waals surface area contributed by atoms with E-state index in [4.69, 9.17) is 15.3 Å². The van der Waals surface area contributed by atoms with E-state index in [0.29, 0.717) is 6.54 Å². The number of carbonyl (C=O) groups is 1. The molecule has 0 aliphatic heterocycles. The molecule has 6 nitrogen and oxygen atoms in total. The van der Waals surface area contributed by atoms with Gasteiger partial charge in [0.15, 0.2) is 0 Å². The Morgan fingerprint density at radius 1 is 1.12 bits per heavy atom. The molecule has 0 fully saturated rings. The van der Waals surface area contributed by atoms with E-state index in [2.05, 4.69) is 10.6 Å². The third kappa shape index (κ3) is 5.29. The number of nitrogens with one attached hydrogen (secondary N) is 2. The van der Waals surface area contributed by atoms with Crippen LogP contribution in [0.15, 0.2) is 0 Å². The summed E-state index contributed by atoms with van der Waals surface area (Å²) >= 11 is 0. The summed E-state index contributed by atoms with van der Waals surface area (Å²) in [5.41, 5.74) is -1.05. The third-order valence-electron chi connectivity index (χ3n) is 2.45. The summed E-state index contributed by atoms with van der Waals surface area (Å²) in [6.45, 7) is 1.51. The van der Waals surface area contributed by atoms with Gasteiger partial charge in [-0.05, 0) is 6.42 Å². The first-order chi connectivity index (χ1) is 7.64. The van der Waals surface area contributed by atoms with Crippen molar-refractivity contribution in [3.8, 4) is 0 Å². The zero-order valence-electron chi connectivity index (χ0n) is 9.70. The van der Waals surface area contributed by atoms with E-state index < -0.39 is 5.41 Å². The van der Waals surface area contributed by atoms with E-state index in [1.54, 1.807) is 0 Å². The number of hydrogen-bond acceptors (Lipinski definition) is 4. The Balaban J connectivity index is 3.87. The van der Waals surface area contributed by atoms with Crippen LogP contribution in [0.3, 0.4) is 0 Å². The van der Waals surface area contributed by atoms with Gasteiger partial charge in [-0.2, -0.15) is 0 Å². The van der Waals surface area contributed by atoms with Gasteiger partial charge >= 0.3 is 6.03 Å². The van der Waals surface area contributed by atoms with Crippen molar-refractivity contribution in [3.05, 3.63) is 0 Å². The monoisotopic (exact) mass is 234 g/mol. The van der Waals surface area contributed by atoms with E-state index in [1.165, 1.54) is 0 Å². The Morgan fingerprint density at radius 2 is 1.69 bits per heavy atom. The van der Waals surface area contributed by atoms with Crippen LogP contribution in [-0.2, 0) is 0 Å². The average Bonchev–Trinajstić information content (AvgIpc) is 2.32. The minimum atomic E-state index is -1.05. The highest BCUT2D eigenvalue weighted by Crippen LogP contribution is 2.12. The molecule has 0 saturated carbocycles. The summed E-state index contributed by atoms with van der Waals surface area (Å²) in [5.74, 6) is 0. The quantitative estimate of drug-likeness (QED) is 0.349. The number of amides is 2. The van der Waals surface area contributed by atoms with Crippen molar-refractivity contribution < 1.29 is 20.1 Å². The molecule has 0 rings (SSSR count). The molecule has 0 saturated heterocycles. The van der Waals surface area contributed by atoms with Gasteiger partial charge in [0.1, 0.15) is 0 Å². The van der Waals surface area contributed by atoms with Gasteiger partial charge in [0, 0.05) is 13.1 Å². The lowest BCUT2D eigenvalue weighted by Gasteiger charge is -2.27. The molecule has 0 spiro atoms. The molecule has 0 atom stereocenters. The zero-order chi connectivity index (χ0) is 12.4. The third-order valence-corrected chi connectivity index (χ3v) is 2.45. The van der Waals surface area contributed by atoms with Crippen molar-refractivity contribution in [2.75, 3.05) is 32.9 Å². The van der Waals surface area contributed by atoms with Crippen molar-refractivity contribution in [2.24, 2.45) is 5.41 Å². The molecule has 96 valence electrons. The molecule has 0 heterocycles. The summed E-state index contributed by atoms with van der Waals surface area (Å²) in [6.07, 6.45) is 1.90. The van der Waals surface area contributed by atoms with Gasteiger partial charge in [0.2, 0.25) is 0 Å². The van der Waals surface area contributed by atoms with Crippen molar-refractivity contribution in [3.63, 3.8) is 0 Å². The summed E-state index contributed by atoms with van der Waals surface area (Å²) in [5, 5.41) is 32.2. The van der Waals surface area contributed by atoms with E-state index in [-0.39, 0.29) is 32.4 Å². The Hall–Kier alpha value is -0.850. The zero-order valence-corrected chi connectivity index (χ0v) is 9.70. The fourth-order valence-corrected chi connectivity index (χ4v) is 1.03. The van der Waals surface area contributed by atoms with Gasteiger partial charge in [-0.1, -0.05) is 13.3 Å². The second kappa shape index (κ2) is 8.32. The highest BCUT2D eigenvalue weighted by molar-refractivity contribution is 5.73. The molecular weight excluding hydrogens is 212 g/mol. The molecule has 0 aliphatic rings. The fraction of sp³-hybridized carbons (Fsp3) is 0.900. The van der Waals surface area contributed by atoms with Crippen molar-refractivity contribution in [1.82, 2.24) is 10.6 Å². The van der Waals surface area contributed by atoms with Crippen LogP contribution in [0.5, 0.6) is 0 Å². The lowest BCUT2D eigenvalue weighted by molar-refractivity contribution is 0.00840. The fourth-order valence-electron chi connectivity index (χ4n) is 1.03. The second-order valence-electron chi connectivity index (χ2n) is 3.94. The first-order valence-corrected chi connectivity index (χ1v) is 5.48. The molecule has 0 aromatic heterocycles. The molecule has 0 aliphatic carbocycles. The van der Waals surface area contributed by atoms with Crippen LogP contribution in [0.4, 0.5) is 4.79 Å². The Morgan fingerprint density at radius 3 is 2.12 bits per heavy atom. The van der Waals surface area contributed by atoms with Crippen LogP contribution in [-0.4, -0.2) is 54.3 Å². The molecule has 16 heavy (non-hydrogen) atoms. The number of carbonyl (C=O) groups excluding carboxylic acids is 1. The summed E-state index contributed by atoms with van der Waals surface area (Å²) in [4.78, 5) is 11.2. The number of aliphatic hydroxyl groups is 3. The predicted octanol–water partition coefficient (Wildman–Crippen LogP) is -0.951. The van der Waals surface area contributed by atoms with Crippen molar-refractivity contribution >= 4 is 6.03 Å². The lowest BCUT2D eigenvalue weighted by atomic mass is 9.91. The van der Waals surface area contributed by atoms with Crippen molar-refractivity contribution in [2.45, 2.75) is 19.8 Å². The smallest absolute Gasteiger partial charge is 0.314 e. The Labute approximate surface area is 95.7 Å². The molecule has 0 radical (unpaired) electrons. The molecule has 0 aromatic carbocycles. The minimum Gasteiger partial charge on any atom is -0.396 e. The van der Waals surface area contributed by atoms with Gasteiger partial charge < -0.3 is 26.0 Å². The molecule has 0 aromatic rings. The maximum Gasteiger partial charge on any atom is 0.314 e. The maximum absolute atomic E-state index is 11.2. The van der Waals surface area contributed by atoms with E-state index in [0.717, 1.165) is 12.8 Å². The summed E-state index contributed by atoms with van der Waals surface area (Å²) in [6, 6.07) is -0.354. The Bertz CT molecular complexity index is 187. The highest BCUT2D eigenvalue weighted by Gasteiger charge is 2.28. The van der Waals surface area contributed by atoms with Crippen LogP contribution < -0.4 is 10.6 Å². The molecule has 0 unspecified atom stereocenters. The number of rotatable bonds is 8. The Kier molecular flexibility index (Phi) is 7.88. The number of aliphatic hydroxyl groups excluding tert-OH is 3. The highest BCUT2D eigenvalue weighted by atomic mass is 16.3. The second-order valence-corrected chi connectivity index (χ2v) is 3.94. The predicted molar refractivity (Wildman–Crippen MR) is 60.0 cm³/mol. The van der Waals surface area contributed by atoms with Gasteiger partial charge in [-0.25, -0.2) is 4.79 Å². The molecule has 5 N–H and O–H groups in total. The van der Waals surface area contributed by atoms with E-state index in [1.807, 2.05) is 6.92 Å². The number of unbranched alkanes of at least 4 members (excludes halogenated alkanes) is 1. The standard InChI is InChI=1S/C10H22N2O4/c1-2-3-4-11-9(16)12-5-10(6-13,7-14)8-15/h13-15H,2-8H2,1H3,(H2,11,12,16). The van der Waals surface area contributed by atoms with Gasteiger partial charge in [0.05, 0.1) is 25.2 Å². The molecule has 6 heteroatoms. The topological polar surface area (TPSA) is 102 Å². The number of urea groups is 1. The summed E-state index contributed by atoms with van der Waals surface area (Å²) in [7, 11) is 0. The minimum absolute atomic E-state index is 0.0362. The normalized spacial score (nSPS) is 11.2. The summed E-state index contributed by atoms with van der Waals surface area (Å²) < 4.78 is 0. The first kappa shape index (κ1) is 15.2. The molecule has 0 bridgehead atoms. The van der Waals surface area contributed by atoms with Gasteiger partial charge in [-0.15, -0.1) is 0 Å². The van der Waals surface area contributed by atoms with Crippen LogP contribution >= 0.6 is 0 Å². The first-order valence-electron chi connectivity index (χ1n) is 5.48. The van der Waals surface area contributed by atoms with Gasteiger partial charge in [0.25, 0.3) is 0 Å². The lowest BCUT2D eigenvalue weighted by Crippen LogP contribution is -2.48. The average molecular weight is 234 g/mol. The van der Waals surface area contributed by atoms with Crippen LogP contribution in [0.2, 0.25) is 0 Å². The largest absolute Gasteiger partial charge is 0.396 e. The van der Waals surface area contributed by atoms with E-state index >= 15 is 0 Å². The van der Waals surface area contributed by atoms with Gasteiger partial charge in [-0.3, -0.25) is 0 Å². The number of hydrogen-bond donors (Lipinski definition) is 5. The molecular formula is C10H22N2O4. The van der Waals surface area contributed by atoms with Crippen LogP contribution in [0.1, 0.15) is 19.8 Å². The van der Waals surface area contributed by atoms with Crippen LogP contribution in [0.25, 0.3) is 0 Å².